The molecule has 3 unspecified atom stereocenters. The minimum absolute atomic E-state index is 0.137. The molecule has 2 aliphatic rings. The number of rotatable bonds is 5. The van der Waals surface area contributed by atoms with Crippen LogP contribution < -0.4 is 0 Å². The van der Waals surface area contributed by atoms with Crippen molar-refractivity contribution in [3.63, 3.8) is 0 Å². The van der Waals surface area contributed by atoms with Gasteiger partial charge in [-0.25, -0.2) is 4.98 Å². The summed E-state index contributed by atoms with van der Waals surface area (Å²) in [6.45, 7) is 3.22. The molecule has 2 fully saturated rings. The Hall–Kier alpha value is -1.34. The van der Waals surface area contributed by atoms with Gasteiger partial charge in [-0.2, -0.15) is 0 Å². The Morgan fingerprint density at radius 2 is 2.35 bits per heavy atom. The number of hydrogen-bond acceptors (Lipinski definition) is 6. The van der Waals surface area contributed by atoms with Crippen molar-refractivity contribution in [1.29, 1.82) is 0 Å². The molecule has 0 spiro atoms. The van der Waals surface area contributed by atoms with E-state index in [2.05, 4.69) is 20.9 Å². The van der Waals surface area contributed by atoms with E-state index >= 15 is 0 Å². The molecule has 0 N–H and O–H groups in total. The molecule has 0 radical (unpaired) electrons. The topological polar surface area (TPSA) is 47.5 Å². The van der Waals surface area contributed by atoms with Crippen LogP contribution in [-0.2, 0) is 22.6 Å². The first kappa shape index (κ1) is 15.2. The number of pyridine rings is 1. The van der Waals surface area contributed by atoms with Crippen LogP contribution in [0.1, 0.15) is 23.4 Å². The van der Waals surface area contributed by atoms with E-state index in [1.807, 2.05) is 23.8 Å². The number of thiazole rings is 1. The third-order valence-corrected chi connectivity index (χ3v) is 5.42. The minimum Gasteiger partial charge on any atom is -0.374 e. The predicted molar refractivity (Wildman–Crippen MR) is 88.1 cm³/mol. The maximum atomic E-state index is 6.26. The minimum atomic E-state index is 0.137. The Balaban J connectivity index is 1.45. The zero-order chi connectivity index (χ0) is 15.5. The zero-order valence-corrected chi connectivity index (χ0v) is 13.8. The largest absolute Gasteiger partial charge is 0.374 e. The second-order valence-corrected chi connectivity index (χ2v) is 7.07. The highest BCUT2D eigenvalue weighted by Gasteiger charge is 2.43. The van der Waals surface area contributed by atoms with E-state index < -0.39 is 0 Å². The lowest BCUT2D eigenvalue weighted by Crippen LogP contribution is -2.42. The summed E-state index contributed by atoms with van der Waals surface area (Å²) in [5, 5.41) is 3.21. The fraction of sp³-hybridized carbons (Fsp3) is 0.529. The first-order valence-corrected chi connectivity index (χ1v) is 9.02. The summed E-state index contributed by atoms with van der Waals surface area (Å²) in [5.41, 5.74) is 1.11. The monoisotopic (exact) mass is 331 g/mol. The van der Waals surface area contributed by atoms with Crippen LogP contribution in [0.2, 0.25) is 0 Å². The van der Waals surface area contributed by atoms with E-state index in [9.17, 15) is 0 Å². The van der Waals surface area contributed by atoms with Gasteiger partial charge in [0.05, 0.1) is 32.0 Å². The summed E-state index contributed by atoms with van der Waals surface area (Å²) in [4.78, 5) is 11.1. The van der Waals surface area contributed by atoms with Gasteiger partial charge in [-0.15, -0.1) is 11.3 Å². The van der Waals surface area contributed by atoms with E-state index in [1.165, 1.54) is 5.01 Å². The Labute approximate surface area is 140 Å². The number of hydrogen-bond donors (Lipinski definition) is 0. The standard InChI is InChI=1S/C17H21N3O2S/c1-2-13(10-18-5-1)12-22-17-14-3-4-15(17)21-8-7-20(14)11-16-19-6-9-23-16/h1-2,5-6,9-10,14-15,17H,3-4,7-8,11-12H2. The van der Waals surface area contributed by atoms with Crippen molar-refractivity contribution in [2.75, 3.05) is 13.2 Å². The number of nitrogens with zero attached hydrogens (tertiary/aromatic N) is 3. The summed E-state index contributed by atoms with van der Waals surface area (Å²) >= 11 is 1.72. The second-order valence-electron chi connectivity index (χ2n) is 6.09. The molecule has 1 aliphatic carbocycles. The van der Waals surface area contributed by atoms with Crippen molar-refractivity contribution in [3.8, 4) is 0 Å². The van der Waals surface area contributed by atoms with Crippen molar-refractivity contribution in [1.82, 2.24) is 14.9 Å². The lowest BCUT2D eigenvalue weighted by Gasteiger charge is -2.30. The number of fused-ring (bicyclic) bond motifs is 2. The summed E-state index contributed by atoms with van der Waals surface area (Å²) in [5.74, 6) is 0. The van der Waals surface area contributed by atoms with Gasteiger partial charge in [-0.1, -0.05) is 6.07 Å². The molecule has 2 bridgehead atoms. The fourth-order valence-electron chi connectivity index (χ4n) is 3.56. The smallest absolute Gasteiger partial charge is 0.107 e. The average molecular weight is 331 g/mol. The number of ether oxygens (including phenoxy) is 2. The van der Waals surface area contributed by atoms with Gasteiger partial charge in [0.25, 0.3) is 0 Å². The van der Waals surface area contributed by atoms with Gasteiger partial charge < -0.3 is 9.47 Å². The molecule has 1 saturated heterocycles. The van der Waals surface area contributed by atoms with E-state index in [-0.39, 0.29) is 12.2 Å². The van der Waals surface area contributed by atoms with Gasteiger partial charge in [0.2, 0.25) is 0 Å². The molecule has 4 rings (SSSR count). The molecule has 2 aromatic rings. The first-order chi connectivity index (χ1) is 11.4. The molecular weight excluding hydrogens is 310 g/mol. The van der Waals surface area contributed by atoms with Gasteiger partial charge in [0.1, 0.15) is 5.01 Å². The fourth-order valence-corrected chi connectivity index (χ4v) is 4.20. The van der Waals surface area contributed by atoms with Crippen LogP contribution in [0.4, 0.5) is 0 Å². The van der Waals surface area contributed by atoms with Crippen LogP contribution >= 0.6 is 11.3 Å². The summed E-state index contributed by atoms with van der Waals surface area (Å²) in [6, 6.07) is 4.42. The van der Waals surface area contributed by atoms with Crippen molar-refractivity contribution in [2.24, 2.45) is 0 Å². The predicted octanol–water partition coefficient (Wildman–Crippen LogP) is 2.49. The molecule has 122 valence electrons. The molecule has 0 amide bonds. The molecule has 3 heterocycles. The molecule has 1 saturated carbocycles. The maximum Gasteiger partial charge on any atom is 0.107 e. The van der Waals surface area contributed by atoms with Gasteiger partial charge >= 0.3 is 0 Å². The van der Waals surface area contributed by atoms with Crippen LogP contribution in [0.5, 0.6) is 0 Å². The van der Waals surface area contributed by atoms with Gasteiger partial charge in [0, 0.05) is 36.6 Å². The van der Waals surface area contributed by atoms with Crippen molar-refractivity contribution < 1.29 is 9.47 Å². The van der Waals surface area contributed by atoms with Gasteiger partial charge in [0.15, 0.2) is 0 Å². The molecule has 23 heavy (non-hydrogen) atoms. The van der Waals surface area contributed by atoms with Crippen LogP contribution in [0.15, 0.2) is 36.1 Å². The molecular formula is C17H21N3O2S. The van der Waals surface area contributed by atoms with Gasteiger partial charge in [-0.05, 0) is 24.5 Å². The van der Waals surface area contributed by atoms with E-state index in [1.54, 1.807) is 17.5 Å². The highest BCUT2D eigenvalue weighted by atomic mass is 32.1. The lowest BCUT2D eigenvalue weighted by atomic mass is 10.1. The Morgan fingerprint density at radius 3 is 3.17 bits per heavy atom. The quantitative estimate of drug-likeness (QED) is 0.842. The molecule has 3 atom stereocenters. The molecule has 1 aliphatic heterocycles. The Kier molecular flexibility index (Phi) is 4.66. The van der Waals surface area contributed by atoms with Gasteiger partial charge in [-0.3, -0.25) is 9.88 Å². The van der Waals surface area contributed by atoms with E-state index in [4.69, 9.17) is 9.47 Å². The third kappa shape index (κ3) is 3.45. The average Bonchev–Trinajstić information content (AvgIpc) is 3.18. The number of aromatic nitrogens is 2. The highest BCUT2D eigenvalue weighted by molar-refractivity contribution is 7.09. The Bertz CT molecular complexity index is 608. The van der Waals surface area contributed by atoms with Crippen LogP contribution in [0.3, 0.4) is 0 Å². The summed E-state index contributed by atoms with van der Waals surface area (Å²) in [7, 11) is 0. The van der Waals surface area contributed by atoms with E-state index in [0.29, 0.717) is 12.6 Å². The van der Waals surface area contributed by atoms with Crippen LogP contribution in [0.25, 0.3) is 0 Å². The Morgan fingerprint density at radius 1 is 1.35 bits per heavy atom. The SMILES string of the molecule is c1cncc(COC2C3CCC2N(Cc2nccs2)CCO3)c1. The van der Waals surface area contributed by atoms with Crippen molar-refractivity contribution in [3.05, 3.63) is 46.7 Å². The normalized spacial score (nSPS) is 27.9. The first-order valence-electron chi connectivity index (χ1n) is 8.15. The van der Waals surface area contributed by atoms with Crippen LogP contribution in [-0.4, -0.2) is 46.3 Å². The maximum absolute atomic E-state index is 6.26. The lowest BCUT2D eigenvalue weighted by molar-refractivity contribution is -0.0614. The molecule has 5 nitrogen and oxygen atoms in total. The highest BCUT2D eigenvalue weighted by Crippen LogP contribution is 2.33. The van der Waals surface area contributed by atoms with Crippen molar-refractivity contribution >= 4 is 11.3 Å². The van der Waals surface area contributed by atoms with Crippen LogP contribution in [0, 0.1) is 0 Å². The summed E-state index contributed by atoms with van der Waals surface area (Å²) in [6.07, 6.45) is 8.10. The molecule has 6 heteroatoms. The van der Waals surface area contributed by atoms with Crippen molar-refractivity contribution in [2.45, 2.75) is 44.2 Å². The molecule has 2 aromatic heterocycles. The van der Waals surface area contributed by atoms with E-state index in [0.717, 1.165) is 38.1 Å². The zero-order valence-electron chi connectivity index (χ0n) is 13.0. The molecule has 0 aromatic carbocycles. The summed E-state index contributed by atoms with van der Waals surface area (Å²) < 4.78 is 12.3. The third-order valence-electron chi connectivity index (χ3n) is 4.66. The second kappa shape index (κ2) is 7.05.